The summed E-state index contributed by atoms with van der Waals surface area (Å²) in [7, 11) is 0. The van der Waals surface area contributed by atoms with Gasteiger partial charge in [-0.15, -0.1) is 0 Å². The number of rotatable bonds is 6. The molecule has 0 bridgehead atoms. The van der Waals surface area contributed by atoms with Gasteiger partial charge >= 0.3 is 17.1 Å². The van der Waals surface area contributed by atoms with Crippen LogP contribution in [0.1, 0.15) is 101 Å². The van der Waals surface area contributed by atoms with E-state index in [9.17, 15) is 0 Å². The van der Waals surface area contributed by atoms with Crippen molar-refractivity contribution in [2.24, 2.45) is 0 Å². The molecule has 3 rings (SSSR count). The Bertz CT molecular complexity index is 856. The van der Waals surface area contributed by atoms with Gasteiger partial charge in [0, 0.05) is 22.3 Å². The maximum atomic E-state index is 2.33. The summed E-state index contributed by atoms with van der Waals surface area (Å²) in [5.74, 6) is 1.92. The van der Waals surface area contributed by atoms with Crippen molar-refractivity contribution in [1.29, 1.82) is 0 Å². The first kappa shape index (κ1) is 27.5. The van der Waals surface area contributed by atoms with Gasteiger partial charge in [0.1, 0.15) is 23.8 Å². The van der Waals surface area contributed by atoms with Crippen LogP contribution in [0, 0.1) is 0 Å². The van der Waals surface area contributed by atoms with Gasteiger partial charge in [-0.25, -0.2) is 9.13 Å². The Morgan fingerprint density at radius 2 is 1.03 bits per heavy atom. The third-order valence-electron chi connectivity index (χ3n) is 5.84. The first-order valence-electron chi connectivity index (χ1n) is 11.1. The van der Waals surface area contributed by atoms with Gasteiger partial charge in [-0.05, 0) is 23.7 Å². The predicted molar refractivity (Wildman–Crippen MR) is 124 cm³/mol. The van der Waals surface area contributed by atoms with E-state index >= 15 is 0 Å². The average Bonchev–Trinajstić information content (AvgIpc) is 3.15. The molecular weight excluding hydrogens is 451 g/mol. The largest absolute Gasteiger partial charge is 1.00 e. The topological polar surface area (TPSA) is 8.81 Å². The summed E-state index contributed by atoms with van der Waals surface area (Å²) in [5.41, 5.74) is 8.29. The van der Waals surface area contributed by atoms with Gasteiger partial charge in [-0.1, -0.05) is 91.8 Å². The van der Waals surface area contributed by atoms with Crippen LogP contribution in [-0.2, 0) is 17.1 Å². The van der Waals surface area contributed by atoms with E-state index in [0.29, 0.717) is 23.7 Å². The van der Waals surface area contributed by atoms with Crippen LogP contribution in [0.2, 0.25) is 0 Å². The fourth-order valence-electron chi connectivity index (χ4n) is 4.24. The van der Waals surface area contributed by atoms with Crippen LogP contribution in [-0.4, -0.2) is 4.57 Å². The normalized spacial score (nSPS) is 11.2. The van der Waals surface area contributed by atoms with Gasteiger partial charge in [0.15, 0.2) is 0 Å². The molecule has 0 saturated heterocycles. The number of hydrogen-bond acceptors (Lipinski definition) is 0. The molecule has 172 valence electrons. The molecule has 0 fully saturated rings. The van der Waals surface area contributed by atoms with Crippen molar-refractivity contribution in [2.75, 3.05) is 0 Å². The van der Waals surface area contributed by atoms with Crippen molar-refractivity contribution in [1.82, 2.24) is 4.57 Å². The van der Waals surface area contributed by atoms with Crippen molar-refractivity contribution in [3.63, 3.8) is 0 Å². The van der Waals surface area contributed by atoms with Gasteiger partial charge in [0.2, 0.25) is 0 Å². The third-order valence-corrected chi connectivity index (χ3v) is 5.84. The number of halogens is 1. The van der Waals surface area contributed by atoms with Crippen LogP contribution in [0.3, 0.4) is 0 Å². The van der Waals surface area contributed by atoms with Crippen LogP contribution < -0.4 is 17.0 Å². The zero-order chi connectivity index (χ0) is 21.3. The Kier molecular flexibility index (Phi) is 10.1. The fraction of sp³-hybridized carbons (Fsp3) is 0.444. The van der Waals surface area contributed by atoms with E-state index in [1.54, 1.807) is 0 Å². The molecule has 0 amide bonds. The SMILES string of the molecule is CC(C)c1cccc(C(C)C)c1-n1cc[n+](-c2c(C(C)C)cccc2C(C)C)c1.[Cl-].[Cu+]. The molecule has 1 heterocycles. The van der Waals surface area contributed by atoms with Crippen molar-refractivity contribution >= 4 is 0 Å². The molecule has 1 aromatic heterocycles. The van der Waals surface area contributed by atoms with E-state index in [1.807, 2.05) is 0 Å². The van der Waals surface area contributed by atoms with Gasteiger partial charge in [-0.3, -0.25) is 0 Å². The second-order valence-corrected chi connectivity index (χ2v) is 9.42. The van der Waals surface area contributed by atoms with Crippen LogP contribution >= 0.6 is 0 Å². The second kappa shape index (κ2) is 11.4. The molecule has 3 aromatic rings. The first-order valence-corrected chi connectivity index (χ1v) is 11.1. The number of para-hydroxylation sites is 2. The van der Waals surface area contributed by atoms with Crippen molar-refractivity contribution in [3.05, 3.63) is 77.4 Å². The van der Waals surface area contributed by atoms with E-state index in [1.165, 1.54) is 33.6 Å². The van der Waals surface area contributed by atoms with Crippen LogP contribution in [0.25, 0.3) is 11.4 Å². The Labute approximate surface area is 206 Å². The smallest absolute Gasteiger partial charge is 1.00 e. The zero-order valence-corrected chi connectivity index (χ0v) is 21.8. The molecule has 0 aliphatic carbocycles. The summed E-state index contributed by atoms with van der Waals surface area (Å²) in [5, 5.41) is 0. The van der Waals surface area contributed by atoms with Crippen molar-refractivity contribution in [3.8, 4) is 11.4 Å². The zero-order valence-electron chi connectivity index (χ0n) is 20.1. The van der Waals surface area contributed by atoms with Crippen LogP contribution in [0.15, 0.2) is 55.1 Å². The number of hydrogen-bond donors (Lipinski definition) is 0. The molecule has 0 atom stereocenters. The number of imidazole rings is 1. The molecular formula is C27H37ClCuN2+. The van der Waals surface area contributed by atoms with E-state index in [2.05, 4.69) is 120 Å². The minimum absolute atomic E-state index is 0. The van der Waals surface area contributed by atoms with Crippen LogP contribution in [0.4, 0.5) is 0 Å². The van der Waals surface area contributed by atoms with Crippen molar-refractivity contribution < 1.29 is 34.0 Å². The van der Waals surface area contributed by atoms with Gasteiger partial charge in [0.25, 0.3) is 6.33 Å². The maximum Gasteiger partial charge on any atom is 1.00 e. The number of nitrogens with zero attached hydrogens (tertiary/aromatic N) is 2. The van der Waals surface area contributed by atoms with Gasteiger partial charge in [0.05, 0.1) is 0 Å². The van der Waals surface area contributed by atoms with E-state index in [4.69, 9.17) is 0 Å². The summed E-state index contributed by atoms with van der Waals surface area (Å²) >= 11 is 0. The van der Waals surface area contributed by atoms with E-state index in [-0.39, 0.29) is 29.5 Å². The maximum absolute atomic E-state index is 2.33. The molecule has 0 aliphatic heterocycles. The van der Waals surface area contributed by atoms with E-state index < -0.39 is 0 Å². The summed E-state index contributed by atoms with van der Waals surface area (Å²) in [4.78, 5) is 0. The Hall–Kier alpha value is -1.54. The predicted octanol–water partition coefficient (Wildman–Crippen LogP) is 4.25. The molecule has 0 saturated carbocycles. The minimum atomic E-state index is 0. The summed E-state index contributed by atoms with van der Waals surface area (Å²) in [6.07, 6.45) is 6.70. The molecule has 0 spiro atoms. The standard InChI is InChI=1S/C27H37N2.ClH.Cu/c1-18(2)22-11-9-12-23(19(3)4)26(22)28-15-16-29(17-28)27-24(20(5)6)13-10-14-25(27)21(7)8;;/h9-21H,1-8H3;1H;/q+1;;+1/p-1. The monoisotopic (exact) mass is 487 g/mol. The summed E-state index contributed by atoms with van der Waals surface area (Å²) in [6.45, 7) is 18.3. The molecule has 0 N–H and O–H groups in total. The fourth-order valence-corrected chi connectivity index (χ4v) is 4.24. The van der Waals surface area contributed by atoms with Gasteiger partial charge < -0.3 is 12.4 Å². The number of benzene rings is 2. The summed E-state index contributed by atoms with van der Waals surface area (Å²) < 4.78 is 4.65. The Morgan fingerprint density at radius 3 is 1.42 bits per heavy atom. The second-order valence-electron chi connectivity index (χ2n) is 9.42. The Balaban J connectivity index is 0.00000240. The van der Waals surface area contributed by atoms with Crippen molar-refractivity contribution in [2.45, 2.75) is 79.1 Å². The minimum Gasteiger partial charge on any atom is -1.00 e. The molecule has 2 nitrogen and oxygen atoms in total. The molecule has 0 unspecified atom stereocenters. The molecule has 0 aliphatic rings. The Morgan fingerprint density at radius 1 is 0.645 bits per heavy atom. The van der Waals surface area contributed by atoms with Crippen LogP contribution in [0.5, 0.6) is 0 Å². The first-order chi connectivity index (χ1) is 13.7. The summed E-state index contributed by atoms with van der Waals surface area (Å²) in [6, 6.07) is 13.5. The van der Waals surface area contributed by atoms with E-state index in [0.717, 1.165) is 0 Å². The molecule has 0 radical (unpaired) electrons. The number of aromatic nitrogens is 2. The molecule has 4 heteroatoms. The molecule has 2 aromatic carbocycles. The van der Waals surface area contributed by atoms with Gasteiger partial charge in [-0.2, -0.15) is 0 Å². The quantitative estimate of drug-likeness (QED) is 0.363. The average molecular weight is 489 g/mol. The third kappa shape index (κ3) is 5.64. The molecule has 31 heavy (non-hydrogen) atoms.